The molecule has 152 valence electrons. The van der Waals surface area contributed by atoms with Crippen molar-refractivity contribution in [3.63, 3.8) is 0 Å². The SMILES string of the molecule is C[C@@H](N)CNC(=O)c1cc(F)c(-c2cn[nH]c2)nc1NCCc1cccc(F)c1. The van der Waals surface area contributed by atoms with Crippen LogP contribution in [0.15, 0.2) is 42.7 Å². The first-order valence-electron chi connectivity index (χ1n) is 9.16. The molecular weight excluding hydrogens is 378 g/mol. The van der Waals surface area contributed by atoms with E-state index in [1.54, 1.807) is 19.1 Å². The van der Waals surface area contributed by atoms with E-state index in [1.165, 1.54) is 24.5 Å². The Morgan fingerprint density at radius 3 is 2.83 bits per heavy atom. The van der Waals surface area contributed by atoms with E-state index >= 15 is 0 Å². The molecular formula is C20H22F2N6O. The Labute approximate surface area is 166 Å². The first-order valence-corrected chi connectivity index (χ1v) is 9.16. The van der Waals surface area contributed by atoms with Crippen LogP contribution in [-0.2, 0) is 6.42 Å². The third-order valence-corrected chi connectivity index (χ3v) is 4.17. The van der Waals surface area contributed by atoms with Crippen LogP contribution in [0, 0.1) is 11.6 Å². The maximum Gasteiger partial charge on any atom is 0.255 e. The molecule has 7 nitrogen and oxygen atoms in total. The summed E-state index contributed by atoms with van der Waals surface area (Å²) in [5.74, 6) is -1.23. The van der Waals surface area contributed by atoms with Crippen molar-refractivity contribution in [1.29, 1.82) is 0 Å². The number of carbonyl (C=O) groups excluding carboxylic acids is 1. The average molecular weight is 400 g/mol. The minimum atomic E-state index is -0.645. The first-order chi connectivity index (χ1) is 13.9. The number of carbonyl (C=O) groups is 1. The van der Waals surface area contributed by atoms with Gasteiger partial charge in [0.2, 0.25) is 0 Å². The Kier molecular flexibility index (Phi) is 6.50. The zero-order chi connectivity index (χ0) is 20.8. The van der Waals surface area contributed by atoms with Crippen molar-refractivity contribution in [3.8, 4) is 11.3 Å². The van der Waals surface area contributed by atoms with Crippen LogP contribution in [0.25, 0.3) is 11.3 Å². The van der Waals surface area contributed by atoms with E-state index in [4.69, 9.17) is 5.73 Å². The molecule has 1 aromatic carbocycles. The molecule has 3 aromatic rings. The van der Waals surface area contributed by atoms with Gasteiger partial charge in [0.1, 0.15) is 17.3 Å². The Bertz CT molecular complexity index is 975. The number of hydrogen-bond donors (Lipinski definition) is 4. The highest BCUT2D eigenvalue weighted by atomic mass is 19.1. The fourth-order valence-electron chi connectivity index (χ4n) is 2.75. The zero-order valence-corrected chi connectivity index (χ0v) is 15.9. The fourth-order valence-corrected chi connectivity index (χ4v) is 2.75. The van der Waals surface area contributed by atoms with Crippen LogP contribution in [0.2, 0.25) is 0 Å². The second kappa shape index (κ2) is 9.24. The molecule has 0 aliphatic heterocycles. The molecule has 2 aromatic heterocycles. The lowest BCUT2D eigenvalue weighted by Gasteiger charge is -2.14. The van der Waals surface area contributed by atoms with Gasteiger partial charge in [-0.05, 0) is 37.1 Å². The second-order valence-corrected chi connectivity index (χ2v) is 6.70. The number of aromatic nitrogens is 3. The summed E-state index contributed by atoms with van der Waals surface area (Å²) in [6, 6.07) is 7.13. The molecule has 0 fully saturated rings. The van der Waals surface area contributed by atoms with E-state index in [-0.39, 0.29) is 35.5 Å². The minimum absolute atomic E-state index is 0.0645. The van der Waals surface area contributed by atoms with Crippen LogP contribution in [0.1, 0.15) is 22.8 Å². The second-order valence-electron chi connectivity index (χ2n) is 6.70. The summed E-state index contributed by atoms with van der Waals surface area (Å²) in [5, 5.41) is 12.1. The van der Waals surface area contributed by atoms with Crippen molar-refractivity contribution in [2.24, 2.45) is 5.73 Å². The van der Waals surface area contributed by atoms with Crippen molar-refractivity contribution < 1.29 is 13.6 Å². The third-order valence-electron chi connectivity index (χ3n) is 4.17. The van der Waals surface area contributed by atoms with Crippen molar-refractivity contribution in [2.75, 3.05) is 18.4 Å². The number of benzene rings is 1. The molecule has 1 amide bonds. The Balaban J connectivity index is 1.84. The normalized spacial score (nSPS) is 11.9. The highest BCUT2D eigenvalue weighted by Crippen LogP contribution is 2.25. The number of halogens is 2. The summed E-state index contributed by atoms with van der Waals surface area (Å²) in [5.41, 5.74) is 7.05. The predicted molar refractivity (Wildman–Crippen MR) is 106 cm³/mol. The van der Waals surface area contributed by atoms with Gasteiger partial charge >= 0.3 is 0 Å². The molecule has 3 rings (SSSR count). The molecule has 0 saturated heterocycles. The molecule has 0 aliphatic carbocycles. The first kappa shape index (κ1) is 20.4. The van der Waals surface area contributed by atoms with Crippen LogP contribution >= 0.6 is 0 Å². The molecule has 1 atom stereocenters. The summed E-state index contributed by atoms with van der Waals surface area (Å²) in [4.78, 5) is 16.8. The van der Waals surface area contributed by atoms with Crippen molar-refractivity contribution >= 4 is 11.7 Å². The molecule has 5 N–H and O–H groups in total. The fraction of sp³-hybridized carbons (Fsp3) is 0.250. The van der Waals surface area contributed by atoms with Gasteiger partial charge < -0.3 is 16.4 Å². The van der Waals surface area contributed by atoms with Crippen LogP contribution in [0.4, 0.5) is 14.6 Å². The molecule has 9 heteroatoms. The molecule has 0 unspecified atom stereocenters. The van der Waals surface area contributed by atoms with Crippen LogP contribution in [-0.4, -0.2) is 40.2 Å². The van der Waals surface area contributed by atoms with E-state index in [1.807, 2.05) is 0 Å². The molecule has 2 heterocycles. The summed E-state index contributed by atoms with van der Waals surface area (Å²) in [6.45, 7) is 2.37. The lowest BCUT2D eigenvalue weighted by molar-refractivity contribution is 0.0952. The van der Waals surface area contributed by atoms with Crippen LogP contribution < -0.4 is 16.4 Å². The van der Waals surface area contributed by atoms with Gasteiger partial charge in [-0.2, -0.15) is 5.10 Å². The predicted octanol–water partition coefficient (Wildman–Crippen LogP) is 2.48. The number of amides is 1. The number of nitrogens with two attached hydrogens (primary N) is 1. The summed E-state index contributed by atoms with van der Waals surface area (Å²) in [6.07, 6.45) is 3.45. The topological polar surface area (TPSA) is 109 Å². The van der Waals surface area contributed by atoms with E-state index in [2.05, 4.69) is 25.8 Å². The quantitative estimate of drug-likeness (QED) is 0.465. The number of anilines is 1. The Hall–Kier alpha value is -3.33. The zero-order valence-electron chi connectivity index (χ0n) is 15.9. The van der Waals surface area contributed by atoms with Crippen LogP contribution in [0.5, 0.6) is 0 Å². The number of H-pyrrole nitrogens is 1. The summed E-state index contributed by atoms with van der Waals surface area (Å²) >= 11 is 0. The largest absolute Gasteiger partial charge is 0.369 e. The van der Waals surface area contributed by atoms with Crippen molar-refractivity contribution in [2.45, 2.75) is 19.4 Å². The van der Waals surface area contributed by atoms with Gasteiger partial charge in [-0.3, -0.25) is 9.89 Å². The molecule has 0 saturated carbocycles. The standard InChI is InChI=1S/C20H22F2N6O/c1-12(23)9-25-20(29)16-8-17(22)18(14-10-26-27-11-14)28-19(16)24-6-5-13-3-2-4-15(21)7-13/h2-4,7-8,10-12H,5-6,9,23H2,1H3,(H,24,28)(H,25,29)(H,26,27)/t12-/m1/s1. The van der Waals surface area contributed by atoms with Gasteiger partial charge in [-0.15, -0.1) is 0 Å². The third kappa shape index (κ3) is 5.35. The molecule has 0 radical (unpaired) electrons. The van der Waals surface area contributed by atoms with Gasteiger partial charge in [0, 0.05) is 30.9 Å². The summed E-state index contributed by atoms with van der Waals surface area (Å²) < 4.78 is 28.0. The van der Waals surface area contributed by atoms with Crippen molar-refractivity contribution in [3.05, 3.63) is 65.5 Å². The number of nitrogens with one attached hydrogen (secondary N) is 3. The van der Waals surface area contributed by atoms with E-state index in [9.17, 15) is 13.6 Å². The monoisotopic (exact) mass is 400 g/mol. The number of aromatic amines is 1. The Morgan fingerprint density at radius 2 is 2.14 bits per heavy atom. The van der Waals surface area contributed by atoms with Gasteiger partial charge in [0.15, 0.2) is 5.82 Å². The van der Waals surface area contributed by atoms with E-state index in [0.717, 1.165) is 11.6 Å². The number of nitrogens with zero attached hydrogens (tertiary/aromatic N) is 2. The lowest BCUT2D eigenvalue weighted by Crippen LogP contribution is -2.35. The van der Waals surface area contributed by atoms with E-state index < -0.39 is 11.7 Å². The average Bonchev–Trinajstić information content (AvgIpc) is 3.21. The van der Waals surface area contributed by atoms with Crippen molar-refractivity contribution in [1.82, 2.24) is 20.5 Å². The maximum absolute atomic E-state index is 14.6. The Morgan fingerprint density at radius 1 is 1.31 bits per heavy atom. The van der Waals surface area contributed by atoms with Gasteiger partial charge in [0.25, 0.3) is 5.91 Å². The lowest BCUT2D eigenvalue weighted by atomic mass is 10.1. The van der Waals surface area contributed by atoms with E-state index in [0.29, 0.717) is 18.5 Å². The molecule has 0 spiro atoms. The van der Waals surface area contributed by atoms with Gasteiger partial charge in [-0.1, -0.05) is 12.1 Å². The summed E-state index contributed by atoms with van der Waals surface area (Å²) in [7, 11) is 0. The number of hydrogen-bond acceptors (Lipinski definition) is 5. The number of pyridine rings is 1. The minimum Gasteiger partial charge on any atom is -0.369 e. The maximum atomic E-state index is 14.6. The highest BCUT2D eigenvalue weighted by Gasteiger charge is 2.19. The van der Waals surface area contributed by atoms with Crippen LogP contribution in [0.3, 0.4) is 0 Å². The van der Waals surface area contributed by atoms with Gasteiger partial charge in [-0.25, -0.2) is 13.8 Å². The molecule has 29 heavy (non-hydrogen) atoms. The molecule has 0 bridgehead atoms. The highest BCUT2D eigenvalue weighted by molar-refractivity contribution is 5.99. The number of rotatable bonds is 8. The smallest absolute Gasteiger partial charge is 0.255 e. The molecule has 0 aliphatic rings. The van der Waals surface area contributed by atoms with Gasteiger partial charge in [0.05, 0.1) is 11.8 Å².